The lowest BCUT2D eigenvalue weighted by Gasteiger charge is -2.37. The quantitative estimate of drug-likeness (QED) is 0.494. The van der Waals surface area contributed by atoms with Crippen LogP contribution in [0.25, 0.3) is 11.6 Å². The molecule has 2 aromatic rings. The van der Waals surface area contributed by atoms with Crippen LogP contribution in [0.2, 0.25) is 0 Å². The Kier molecular flexibility index (Phi) is 8.53. The van der Waals surface area contributed by atoms with Crippen LogP contribution in [0, 0.1) is 5.92 Å². The van der Waals surface area contributed by atoms with Gasteiger partial charge in [-0.15, -0.1) is 0 Å². The van der Waals surface area contributed by atoms with E-state index < -0.39 is 0 Å². The summed E-state index contributed by atoms with van der Waals surface area (Å²) < 4.78 is 5.46. The summed E-state index contributed by atoms with van der Waals surface area (Å²) in [5.74, 6) is 1.90. The Balaban J connectivity index is 1.31. The predicted molar refractivity (Wildman–Crippen MR) is 156 cm³/mol. The van der Waals surface area contributed by atoms with Gasteiger partial charge in [0.25, 0.3) is 5.91 Å². The molecule has 2 fully saturated rings. The number of benzene rings is 2. The van der Waals surface area contributed by atoms with E-state index in [0.717, 1.165) is 67.5 Å². The Hall–Kier alpha value is -3.05. The number of hydrogen-bond donors (Lipinski definition) is 0. The lowest BCUT2D eigenvalue weighted by atomic mass is 9.89. The summed E-state index contributed by atoms with van der Waals surface area (Å²) in [6.45, 7) is 7.92. The van der Waals surface area contributed by atoms with E-state index in [-0.39, 0.29) is 5.91 Å². The lowest BCUT2D eigenvalue weighted by Crippen LogP contribution is -2.49. The van der Waals surface area contributed by atoms with Crippen molar-refractivity contribution >= 4 is 17.6 Å². The molecule has 0 atom stereocenters. The Labute approximate surface area is 228 Å². The minimum atomic E-state index is 0.153. The van der Waals surface area contributed by atoms with E-state index in [2.05, 4.69) is 60.2 Å². The largest absolute Gasteiger partial charge is 0.497 e. The van der Waals surface area contributed by atoms with Crippen LogP contribution in [-0.4, -0.2) is 74.0 Å². The molecule has 5 heteroatoms. The van der Waals surface area contributed by atoms with Crippen molar-refractivity contribution in [2.45, 2.75) is 45.4 Å². The molecule has 2 aromatic carbocycles. The van der Waals surface area contributed by atoms with Gasteiger partial charge in [0.15, 0.2) is 0 Å². The summed E-state index contributed by atoms with van der Waals surface area (Å²) in [5, 5.41) is 0. The fraction of sp³-hybridized carbons (Fsp3) is 0.485. The van der Waals surface area contributed by atoms with Crippen molar-refractivity contribution in [3.05, 3.63) is 76.5 Å². The summed E-state index contributed by atoms with van der Waals surface area (Å²) in [5.41, 5.74) is 6.73. The van der Waals surface area contributed by atoms with Gasteiger partial charge in [-0.05, 0) is 73.1 Å². The topological polar surface area (TPSA) is 36.0 Å². The Bertz CT molecular complexity index is 1190. The summed E-state index contributed by atoms with van der Waals surface area (Å²) in [7, 11) is 3.87. The van der Waals surface area contributed by atoms with Crippen LogP contribution in [0.3, 0.4) is 0 Å². The molecular formula is C33H43N3O2. The first kappa shape index (κ1) is 26.6. The maximum absolute atomic E-state index is 13.5. The summed E-state index contributed by atoms with van der Waals surface area (Å²) in [4.78, 5) is 20.5. The number of methoxy groups -OCH3 is 1. The second-order valence-electron chi connectivity index (χ2n) is 11.2. The van der Waals surface area contributed by atoms with Gasteiger partial charge in [-0.2, -0.15) is 0 Å². The minimum Gasteiger partial charge on any atom is -0.497 e. The number of likely N-dealkylation sites (N-methyl/N-ethyl adjacent to an activating group) is 1. The van der Waals surface area contributed by atoms with Gasteiger partial charge in [0.05, 0.1) is 7.11 Å². The number of amides is 1. The van der Waals surface area contributed by atoms with Crippen molar-refractivity contribution < 1.29 is 9.53 Å². The molecule has 2 aliphatic heterocycles. The highest BCUT2D eigenvalue weighted by Crippen LogP contribution is 2.29. The first-order valence-electron chi connectivity index (χ1n) is 14.4. The van der Waals surface area contributed by atoms with E-state index in [4.69, 9.17) is 4.74 Å². The number of carbonyl (C=O) groups excluding carboxylic acids is 1. The van der Waals surface area contributed by atoms with Crippen LogP contribution in [-0.2, 0) is 6.42 Å². The Morgan fingerprint density at radius 3 is 2.50 bits per heavy atom. The molecule has 38 heavy (non-hydrogen) atoms. The number of nitrogens with zero attached hydrogens (tertiary/aromatic N) is 3. The van der Waals surface area contributed by atoms with Gasteiger partial charge < -0.3 is 14.5 Å². The van der Waals surface area contributed by atoms with E-state index in [1.54, 1.807) is 7.11 Å². The van der Waals surface area contributed by atoms with Crippen LogP contribution < -0.4 is 4.74 Å². The van der Waals surface area contributed by atoms with Gasteiger partial charge in [0.2, 0.25) is 0 Å². The van der Waals surface area contributed by atoms with Gasteiger partial charge in [-0.25, -0.2) is 0 Å². The van der Waals surface area contributed by atoms with Crippen molar-refractivity contribution in [2.24, 2.45) is 5.92 Å². The highest BCUT2D eigenvalue weighted by molar-refractivity contribution is 5.96. The van der Waals surface area contributed by atoms with Crippen LogP contribution >= 0.6 is 0 Å². The molecule has 0 N–H and O–H groups in total. The zero-order chi connectivity index (χ0) is 26.5. The molecule has 5 rings (SSSR count). The fourth-order valence-electron chi connectivity index (χ4n) is 6.22. The van der Waals surface area contributed by atoms with Gasteiger partial charge in [-0.1, -0.05) is 49.6 Å². The summed E-state index contributed by atoms with van der Waals surface area (Å²) >= 11 is 0. The molecule has 1 aliphatic carbocycles. The van der Waals surface area contributed by atoms with Crippen molar-refractivity contribution in [1.29, 1.82) is 0 Å². The number of ether oxygens (including phenoxy) is 1. The predicted octanol–water partition coefficient (Wildman–Crippen LogP) is 5.97. The van der Waals surface area contributed by atoms with Crippen LogP contribution in [0.5, 0.6) is 5.75 Å². The van der Waals surface area contributed by atoms with E-state index in [1.165, 1.54) is 55.5 Å². The maximum atomic E-state index is 13.5. The molecule has 0 radical (unpaired) electrons. The first-order chi connectivity index (χ1) is 18.5. The van der Waals surface area contributed by atoms with Crippen LogP contribution in [0.4, 0.5) is 0 Å². The number of carbonyl (C=O) groups is 1. The molecule has 0 bridgehead atoms. The van der Waals surface area contributed by atoms with Crippen LogP contribution in [0.15, 0.2) is 54.2 Å². The summed E-state index contributed by atoms with van der Waals surface area (Å²) in [6.07, 6.45) is 12.3. The molecule has 1 amide bonds. The molecular weight excluding hydrogens is 470 g/mol. The molecule has 202 valence electrons. The number of allylic oxidation sites excluding steroid dienone is 3. The third-order valence-corrected chi connectivity index (χ3v) is 8.78. The second-order valence-corrected chi connectivity index (χ2v) is 11.2. The number of hydrogen-bond acceptors (Lipinski definition) is 4. The molecule has 1 saturated heterocycles. The van der Waals surface area contributed by atoms with Gasteiger partial charge >= 0.3 is 0 Å². The first-order valence-corrected chi connectivity index (χ1v) is 14.4. The second kappa shape index (κ2) is 12.2. The standard InChI is InChI=1S/C33H43N3O2/c1-25-32(15-13-27-12-14-31(38-3)23-28(27)16-17-34(25)2)29-10-7-11-30(22-29)33(37)36-20-18-35(19-21-36)24-26-8-5-4-6-9-26/h7,10-15,22-23,26H,4-6,8-9,16-21,24H2,1-3H3/b15-13+,32-25+. The van der Waals surface area contributed by atoms with E-state index in [1.807, 2.05) is 23.1 Å². The smallest absolute Gasteiger partial charge is 0.253 e. The van der Waals surface area contributed by atoms with Crippen molar-refractivity contribution in [2.75, 3.05) is 53.4 Å². The number of rotatable bonds is 5. The Morgan fingerprint density at radius 1 is 0.947 bits per heavy atom. The monoisotopic (exact) mass is 513 g/mol. The normalized spacial score (nSPS) is 22.3. The van der Waals surface area contributed by atoms with E-state index in [9.17, 15) is 4.79 Å². The highest BCUT2D eigenvalue weighted by atomic mass is 16.5. The third kappa shape index (κ3) is 6.15. The van der Waals surface area contributed by atoms with Gasteiger partial charge in [0.1, 0.15) is 5.75 Å². The zero-order valence-electron chi connectivity index (χ0n) is 23.4. The van der Waals surface area contributed by atoms with Crippen molar-refractivity contribution in [1.82, 2.24) is 14.7 Å². The molecule has 5 nitrogen and oxygen atoms in total. The average Bonchev–Trinajstić information content (AvgIpc) is 3.02. The lowest BCUT2D eigenvalue weighted by molar-refractivity contribution is 0.0606. The summed E-state index contributed by atoms with van der Waals surface area (Å²) in [6, 6.07) is 14.5. The van der Waals surface area contributed by atoms with Gasteiger partial charge in [0, 0.05) is 63.1 Å². The fourth-order valence-corrected chi connectivity index (χ4v) is 6.22. The van der Waals surface area contributed by atoms with Crippen molar-refractivity contribution in [3.8, 4) is 5.75 Å². The van der Waals surface area contributed by atoms with E-state index in [0.29, 0.717) is 0 Å². The van der Waals surface area contributed by atoms with Crippen LogP contribution in [0.1, 0.15) is 66.1 Å². The molecule has 3 aliphatic rings. The minimum absolute atomic E-state index is 0.153. The highest BCUT2D eigenvalue weighted by Gasteiger charge is 2.25. The van der Waals surface area contributed by atoms with Crippen molar-refractivity contribution in [3.63, 3.8) is 0 Å². The van der Waals surface area contributed by atoms with E-state index >= 15 is 0 Å². The number of piperazine rings is 1. The zero-order valence-corrected chi connectivity index (χ0v) is 23.4. The molecule has 0 spiro atoms. The molecule has 1 saturated carbocycles. The average molecular weight is 514 g/mol. The SMILES string of the molecule is COc1ccc2c(c1)CCN(C)/C(C)=C(c1cccc(C(=O)N3CCN(CC4CCCCC4)CC3)c1)\C=C\2. The molecule has 2 heterocycles. The van der Waals surface area contributed by atoms with Gasteiger partial charge in [-0.3, -0.25) is 9.69 Å². The number of fused-ring (bicyclic) bond motifs is 1. The molecule has 0 aromatic heterocycles. The maximum Gasteiger partial charge on any atom is 0.253 e. The Morgan fingerprint density at radius 2 is 1.74 bits per heavy atom. The molecule has 0 unspecified atom stereocenters. The third-order valence-electron chi connectivity index (χ3n) is 8.78.